The van der Waals surface area contributed by atoms with E-state index >= 15 is 0 Å². The number of hydrogen-bond acceptors (Lipinski definition) is 9. The smallest absolute Gasteiger partial charge is 0.337 e. The van der Waals surface area contributed by atoms with Gasteiger partial charge in [-0.15, -0.1) is 0 Å². The summed E-state index contributed by atoms with van der Waals surface area (Å²) in [7, 11) is 1.27. The summed E-state index contributed by atoms with van der Waals surface area (Å²) >= 11 is 5.65. The second-order valence-corrected chi connectivity index (χ2v) is 11.7. The van der Waals surface area contributed by atoms with Crippen LogP contribution in [0.3, 0.4) is 0 Å². The van der Waals surface area contributed by atoms with Crippen LogP contribution in [0.4, 0.5) is 9.18 Å². The number of benzene rings is 3. The number of amides is 2. The molecule has 0 saturated carbocycles. The number of urea groups is 1. The van der Waals surface area contributed by atoms with Crippen molar-refractivity contribution in [1.82, 2.24) is 16.1 Å². The van der Waals surface area contributed by atoms with Crippen LogP contribution in [0.5, 0.6) is 17.2 Å². The summed E-state index contributed by atoms with van der Waals surface area (Å²) in [5.74, 6) is 0.421. The molecule has 2 atom stereocenters. The molecule has 0 aliphatic carbocycles. The molecule has 4 rings (SSSR count). The molecule has 0 saturated heterocycles. The molecule has 0 radical (unpaired) electrons. The van der Waals surface area contributed by atoms with Crippen molar-refractivity contribution in [2.75, 3.05) is 20.3 Å². The summed E-state index contributed by atoms with van der Waals surface area (Å²) in [6.45, 7) is 3.80. The number of nitrogens with one attached hydrogen (secondary N) is 3. The van der Waals surface area contributed by atoms with Gasteiger partial charge in [-0.2, -0.15) is 5.10 Å². The van der Waals surface area contributed by atoms with Crippen molar-refractivity contribution < 1.29 is 38.0 Å². The molecule has 4 N–H and O–H groups in total. The molecule has 1 aliphatic rings. The van der Waals surface area contributed by atoms with E-state index in [2.05, 4.69) is 59.7 Å². The molecule has 0 spiro atoms. The highest BCUT2D eigenvalue weighted by molar-refractivity contribution is 14.1. The third kappa shape index (κ3) is 9.08. The number of nitrogens with zero attached hydrogens (tertiary/aromatic N) is 1. The first-order valence-electron chi connectivity index (χ1n) is 13.7. The Bertz CT molecular complexity index is 1600. The van der Waals surface area contributed by atoms with Crippen molar-refractivity contribution in [3.05, 3.63) is 96.4 Å². The molecule has 45 heavy (non-hydrogen) atoms. The highest BCUT2D eigenvalue weighted by atomic mass is 127. The van der Waals surface area contributed by atoms with Crippen LogP contribution in [0.25, 0.3) is 0 Å². The first kappa shape index (κ1) is 34.0. The van der Waals surface area contributed by atoms with Gasteiger partial charge in [0.2, 0.25) is 0 Å². The number of esters is 1. The Kier molecular flexibility index (Phi) is 12.0. The zero-order valence-corrected chi connectivity index (χ0v) is 28.3. The van der Waals surface area contributed by atoms with E-state index in [0.717, 1.165) is 9.13 Å². The van der Waals surface area contributed by atoms with Gasteiger partial charge in [-0.25, -0.2) is 14.0 Å². The zero-order valence-electron chi connectivity index (χ0n) is 24.5. The quantitative estimate of drug-likeness (QED) is 0.0602. The first-order chi connectivity index (χ1) is 21.6. The lowest BCUT2D eigenvalue weighted by Gasteiger charge is -2.28. The van der Waals surface area contributed by atoms with Crippen LogP contribution in [-0.4, -0.2) is 49.9 Å². The molecule has 3 aromatic rings. The van der Waals surface area contributed by atoms with E-state index in [1.807, 2.05) is 6.07 Å². The highest BCUT2D eigenvalue weighted by Crippen LogP contribution is 2.35. The van der Waals surface area contributed by atoms with Crippen LogP contribution >= 0.6 is 38.5 Å². The predicted molar refractivity (Wildman–Crippen MR) is 177 cm³/mol. The van der Waals surface area contributed by atoms with Gasteiger partial charge in [-0.1, -0.05) is 18.2 Å². The lowest BCUT2D eigenvalue weighted by atomic mass is 9.95. The van der Waals surface area contributed by atoms with E-state index in [4.69, 9.17) is 18.9 Å². The topological polar surface area (TPSA) is 140 Å². The number of allylic oxidation sites excluding steroid dienone is 1. The fourth-order valence-corrected chi connectivity index (χ4v) is 6.16. The standard InChI is InChI=1S/C31H31BrFIN4O7/c1-4-43-25-13-20(28-27(30(40)42-3)17(2)36-31(41)37-28)8-9-24(25)44-16-26(39)38-35-14-19-11-22(32)29(23(34)12-19)45-15-18-6-5-7-21(33)10-18/h5-14,26,28,38-39H,4,15-16H2,1-3H3,(H2,36,37,41)/b35-14-/t26-,28-/m1/s1. The Hall–Kier alpha value is -3.89. The van der Waals surface area contributed by atoms with Gasteiger partial charge in [0.05, 0.1) is 39.6 Å². The maximum Gasteiger partial charge on any atom is 0.337 e. The molecule has 1 aliphatic heterocycles. The number of aliphatic hydroxyl groups excluding tert-OH is 1. The molecule has 0 fully saturated rings. The summed E-state index contributed by atoms with van der Waals surface area (Å²) in [4.78, 5) is 24.6. The van der Waals surface area contributed by atoms with Gasteiger partial charge in [0.1, 0.15) is 24.8 Å². The third-order valence-electron chi connectivity index (χ3n) is 6.40. The first-order valence-corrected chi connectivity index (χ1v) is 15.6. The number of carbonyl (C=O) groups excluding carboxylic acids is 2. The minimum Gasteiger partial charge on any atom is -0.490 e. The van der Waals surface area contributed by atoms with Crippen molar-refractivity contribution in [3.8, 4) is 17.2 Å². The molecule has 0 aromatic heterocycles. The molecular formula is C31H31BrFIN4O7. The van der Waals surface area contributed by atoms with Crippen molar-refractivity contribution >= 4 is 56.7 Å². The van der Waals surface area contributed by atoms with Crippen molar-refractivity contribution in [3.63, 3.8) is 0 Å². The summed E-state index contributed by atoms with van der Waals surface area (Å²) in [6.07, 6.45) is 0.376. The normalized spacial score (nSPS) is 15.3. The van der Waals surface area contributed by atoms with Crippen LogP contribution in [0, 0.1) is 9.39 Å². The number of methoxy groups -OCH3 is 1. The van der Waals surface area contributed by atoms with E-state index in [1.54, 1.807) is 50.2 Å². The average molecular weight is 797 g/mol. The van der Waals surface area contributed by atoms with Crippen molar-refractivity contribution in [2.45, 2.75) is 32.7 Å². The Balaban J connectivity index is 1.37. The third-order valence-corrected chi connectivity index (χ3v) is 7.79. The van der Waals surface area contributed by atoms with Crippen LogP contribution in [0.2, 0.25) is 0 Å². The number of hydrogen-bond donors (Lipinski definition) is 4. The van der Waals surface area contributed by atoms with Crippen molar-refractivity contribution in [2.24, 2.45) is 5.10 Å². The molecular weight excluding hydrogens is 766 g/mol. The average Bonchev–Trinajstić information content (AvgIpc) is 2.99. The molecule has 2 amide bonds. The van der Waals surface area contributed by atoms with Gasteiger partial charge in [-0.3, -0.25) is 5.43 Å². The van der Waals surface area contributed by atoms with E-state index in [1.165, 1.54) is 25.5 Å². The van der Waals surface area contributed by atoms with Crippen LogP contribution in [0.1, 0.15) is 36.6 Å². The summed E-state index contributed by atoms with van der Waals surface area (Å²) in [6, 6.07) is 13.6. The Morgan fingerprint density at radius 1 is 1.18 bits per heavy atom. The minimum absolute atomic E-state index is 0.165. The maximum atomic E-state index is 13.5. The number of ether oxygens (including phenoxy) is 4. The molecule has 11 nitrogen and oxygen atoms in total. The molecule has 14 heteroatoms. The van der Waals surface area contributed by atoms with Gasteiger partial charge in [-0.05, 0) is 105 Å². The highest BCUT2D eigenvalue weighted by Gasteiger charge is 2.32. The summed E-state index contributed by atoms with van der Waals surface area (Å²) < 4.78 is 37.3. The summed E-state index contributed by atoms with van der Waals surface area (Å²) in [5.41, 5.74) is 5.29. The number of halogens is 3. The number of carbonyl (C=O) groups is 2. The largest absolute Gasteiger partial charge is 0.490 e. The Morgan fingerprint density at radius 2 is 1.98 bits per heavy atom. The molecule has 3 aromatic carbocycles. The van der Waals surface area contributed by atoms with Crippen molar-refractivity contribution in [1.29, 1.82) is 0 Å². The fraction of sp³-hybridized carbons (Fsp3) is 0.258. The van der Waals surface area contributed by atoms with Crippen LogP contribution in [-0.2, 0) is 16.1 Å². The lowest BCUT2D eigenvalue weighted by Crippen LogP contribution is -2.45. The Labute approximate surface area is 281 Å². The van der Waals surface area contributed by atoms with E-state index in [-0.39, 0.29) is 24.6 Å². The molecule has 0 bridgehead atoms. The number of aliphatic hydroxyl groups is 1. The van der Waals surface area contributed by atoms with E-state index in [9.17, 15) is 19.1 Å². The maximum absolute atomic E-state index is 13.5. The second-order valence-electron chi connectivity index (χ2n) is 9.65. The fourth-order valence-electron chi connectivity index (χ4n) is 4.39. The van der Waals surface area contributed by atoms with E-state index in [0.29, 0.717) is 45.2 Å². The van der Waals surface area contributed by atoms with Gasteiger partial charge in [0.15, 0.2) is 17.7 Å². The van der Waals surface area contributed by atoms with Gasteiger partial charge < -0.3 is 34.7 Å². The number of hydrazone groups is 1. The summed E-state index contributed by atoms with van der Waals surface area (Å²) in [5, 5.41) is 19.9. The van der Waals surface area contributed by atoms with Crippen LogP contribution < -0.4 is 30.3 Å². The van der Waals surface area contributed by atoms with E-state index < -0.39 is 24.3 Å². The Morgan fingerprint density at radius 3 is 2.69 bits per heavy atom. The molecule has 0 unspecified atom stereocenters. The van der Waals surface area contributed by atoms with Gasteiger partial charge in [0, 0.05) is 5.70 Å². The zero-order chi connectivity index (χ0) is 32.5. The lowest BCUT2D eigenvalue weighted by molar-refractivity contribution is -0.136. The monoisotopic (exact) mass is 796 g/mol. The molecule has 1 heterocycles. The minimum atomic E-state index is -1.16. The van der Waals surface area contributed by atoms with Crippen LogP contribution in [0.15, 0.2) is 75.4 Å². The second kappa shape index (κ2) is 15.9. The number of rotatable bonds is 13. The SMILES string of the molecule is CCOc1cc([C@H]2NC(=O)NC(C)=C2C(=O)OC)ccc1OC[C@@H](O)N/N=C\c1cc(Br)c(OCc2cccc(F)c2)c(I)c1. The predicted octanol–water partition coefficient (Wildman–Crippen LogP) is 5.29. The molecule has 238 valence electrons. The van der Waals surface area contributed by atoms with Gasteiger partial charge >= 0.3 is 12.0 Å². The van der Waals surface area contributed by atoms with Gasteiger partial charge in [0.25, 0.3) is 0 Å².